The Labute approximate surface area is 115 Å². The van der Waals surface area contributed by atoms with Gasteiger partial charge in [0.15, 0.2) is 0 Å². The van der Waals surface area contributed by atoms with E-state index in [0.29, 0.717) is 0 Å². The molecular weight excluding hydrogens is 218 g/mol. The summed E-state index contributed by atoms with van der Waals surface area (Å²) in [5.74, 6) is 2.87. The van der Waals surface area contributed by atoms with Gasteiger partial charge >= 0.3 is 0 Å². The highest BCUT2D eigenvalue weighted by Gasteiger charge is 2.27. The Hall–Kier alpha value is -0.0400. The van der Waals surface area contributed by atoms with Gasteiger partial charge in [-0.05, 0) is 43.6 Å². The molecule has 0 aromatic carbocycles. The predicted octanol–water partition coefficient (Wildman–Crippen LogP) is 5.01. The first kappa shape index (κ1) is 16.0. The van der Waals surface area contributed by atoms with Crippen LogP contribution < -0.4 is 5.32 Å². The summed E-state index contributed by atoms with van der Waals surface area (Å²) in [6.07, 6.45) is 11.4. The standard InChI is InChI=1S/C17H35N/c1-5-8-14(4)13-17(18-7-3)16-11-9-15(6-2)10-12-16/h14-18H,5-13H2,1-4H3. The van der Waals surface area contributed by atoms with E-state index in [-0.39, 0.29) is 0 Å². The highest BCUT2D eigenvalue weighted by Crippen LogP contribution is 2.34. The molecule has 0 aromatic rings. The summed E-state index contributed by atoms with van der Waals surface area (Å²) in [7, 11) is 0. The zero-order valence-electron chi connectivity index (χ0n) is 13.2. The predicted molar refractivity (Wildman–Crippen MR) is 81.9 cm³/mol. The van der Waals surface area contributed by atoms with Crippen molar-refractivity contribution in [2.45, 2.75) is 85.1 Å². The third-order valence-electron chi connectivity index (χ3n) is 4.94. The van der Waals surface area contributed by atoms with Crippen LogP contribution in [0.4, 0.5) is 0 Å². The molecule has 0 aromatic heterocycles. The lowest BCUT2D eigenvalue weighted by molar-refractivity contribution is 0.198. The molecule has 0 spiro atoms. The minimum Gasteiger partial charge on any atom is -0.314 e. The lowest BCUT2D eigenvalue weighted by Crippen LogP contribution is -2.39. The average molecular weight is 253 g/mol. The van der Waals surface area contributed by atoms with Crippen LogP contribution >= 0.6 is 0 Å². The summed E-state index contributed by atoms with van der Waals surface area (Å²) in [6.45, 7) is 10.5. The molecule has 0 bridgehead atoms. The topological polar surface area (TPSA) is 12.0 Å². The van der Waals surface area contributed by atoms with Crippen molar-refractivity contribution in [1.82, 2.24) is 5.32 Å². The molecule has 1 N–H and O–H groups in total. The van der Waals surface area contributed by atoms with Crippen molar-refractivity contribution in [3.8, 4) is 0 Å². The third kappa shape index (κ3) is 5.30. The van der Waals surface area contributed by atoms with Crippen LogP contribution in [0.1, 0.15) is 79.1 Å². The zero-order valence-corrected chi connectivity index (χ0v) is 13.2. The summed E-state index contributed by atoms with van der Waals surface area (Å²) in [4.78, 5) is 0. The Morgan fingerprint density at radius 3 is 2.22 bits per heavy atom. The van der Waals surface area contributed by atoms with Gasteiger partial charge in [0.1, 0.15) is 0 Å². The van der Waals surface area contributed by atoms with Gasteiger partial charge in [0, 0.05) is 6.04 Å². The number of hydrogen-bond donors (Lipinski definition) is 1. The fourth-order valence-corrected chi connectivity index (χ4v) is 3.75. The van der Waals surface area contributed by atoms with Crippen molar-refractivity contribution < 1.29 is 0 Å². The van der Waals surface area contributed by atoms with E-state index in [4.69, 9.17) is 0 Å². The Bertz CT molecular complexity index is 194. The molecule has 1 rings (SSSR count). The van der Waals surface area contributed by atoms with E-state index in [0.717, 1.165) is 30.3 Å². The van der Waals surface area contributed by atoms with E-state index in [1.807, 2.05) is 0 Å². The van der Waals surface area contributed by atoms with Gasteiger partial charge in [0.2, 0.25) is 0 Å². The van der Waals surface area contributed by atoms with Gasteiger partial charge in [-0.1, -0.05) is 59.8 Å². The first-order chi connectivity index (χ1) is 8.71. The van der Waals surface area contributed by atoms with Crippen molar-refractivity contribution in [2.24, 2.45) is 17.8 Å². The first-order valence-electron chi connectivity index (χ1n) is 8.44. The maximum atomic E-state index is 3.77. The molecule has 1 aliphatic rings. The zero-order chi connectivity index (χ0) is 13.4. The van der Waals surface area contributed by atoms with E-state index in [9.17, 15) is 0 Å². The van der Waals surface area contributed by atoms with Crippen molar-refractivity contribution in [3.63, 3.8) is 0 Å². The molecule has 1 saturated carbocycles. The monoisotopic (exact) mass is 253 g/mol. The highest BCUT2D eigenvalue weighted by molar-refractivity contribution is 4.82. The second kappa shape index (κ2) is 8.96. The fraction of sp³-hybridized carbons (Fsp3) is 1.00. The maximum absolute atomic E-state index is 3.77. The Morgan fingerprint density at radius 2 is 1.72 bits per heavy atom. The summed E-state index contributed by atoms with van der Waals surface area (Å²) in [5, 5.41) is 3.77. The van der Waals surface area contributed by atoms with Gasteiger partial charge in [-0.15, -0.1) is 0 Å². The van der Waals surface area contributed by atoms with Gasteiger partial charge in [0.05, 0.1) is 0 Å². The molecule has 0 heterocycles. The summed E-state index contributed by atoms with van der Waals surface area (Å²) >= 11 is 0. The summed E-state index contributed by atoms with van der Waals surface area (Å²) < 4.78 is 0. The quantitative estimate of drug-likeness (QED) is 0.641. The van der Waals surface area contributed by atoms with Gasteiger partial charge in [-0.2, -0.15) is 0 Å². The number of nitrogens with one attached hydrogen (secondary N) is 1. The molecular formula is C17H35N. The van der Waals surface area contributed by atoms with Crippen molar-refractivity contribution in [3.05, 3.63) is 0 Å². The SMILES string of the molecule is CCCC(C)CC(NCC)C1CCC(CC)CC1. The molecule has 1 aliphatic carbocycles. The molecule has 0 radical (unpaired) electrons. The molecule has 1 heteroatoms. The first-order valence-corrected chi connectivity index (χ1v) is 8.44. The lowest BCUT2D eigenvalue weighted by Gasteiger charge is -2.35. The van der Waals surface area contributed by atoms with Gasteiger partial charge in [-0.3, -0.25) is 0 Å². The Morgan fingerprint density at radius 1 is 1.06 bits per heavy atom. The van der Waals surface area contributed by atoms with Crippen molar-refractivity contribution >= 4 is 0 Å². The van der Waals surface area contributed by atoms with E-state index in [2.05, 4.69) is 33.0 Å². The molecule has 0 aliphatic heterocycles. The second-order valence-electron chi connectivity index (χ2n) is 6.48. The van der Waals surface area contributed by atoms with E-state index in [1.165, 1.54) is 51.4 Å². The van der Waals surface area contributed by atoms with Crippen LogP contribution in [0.5, 0.6) is 0 Å². The Kier molecular flexibility index (Phi) is 7.97. The largest absolute Gasteiger partial charge is 0.314 e. The van der Waals surface area contributed by atoms with Gasteiger partial charge < -0.3 is 5.32 Å². The number of rotatable bonds is 8. The fourth-order valence-electron chi connectivity index (χ4n) is 3.75. The maximum Gasteiger partial charge on any atom is 0.00977 e. The van der Waals surface area contributed by atoms with E-state index < -0.39 is 0 Å². The molecule has 0 saturated heterocycles. The normalized spacial score (nSPS) is 28.0. The summed E-state index contributed by atoms with van der Waals surface area (Å²) in [6, 6.07) is 0.786. The summed E-state index contributed by atoms with van der Waals surface area (Å²) in [5.41, 5.74) is 0. The van der Waals surface area contributed by atoms with Crippen molar-refractivity contribution in [2.75, 3.05) is 6.54 Å². The van der Waals surface area contributed by atoms with Crippen LogP contribution in [0, 0.1) is 17.8 Å². The van der Waals surface area contributed by atoms with Crippen LogP contribution in [-0.2, 0) is 0 Å². The Balaban J connectivity index is 2.41. The van der Waals surface area contributed by atoms with Crippen LogP contribution in [0.2, 0.25) is 0 Å². The minimum absolute atomic E-state index is 0.786. The lowest BCUT2D eigenvalue weighted by atomic mass is 9.75. The molecule has 2 unspecified atom stereocenters. The molecule has 2 atom stereocenters. The van der Waals surface area contributed by atoms with Crippen LogP contribution in [0.3, 0.4) is 0 Å². The van der Waals surface area contributed by atoms with Crippen molar-refractivity contribution in [1.29, 1.82) is 0 Å². The van der Waals surface area contributed by atoms with E-state index >= 15 is 0 Å². The van der Waals surface area contributed by atoms with Gasteiger partial charge in [0.25, 0.3) is 0 Å². The smallest absolute Gasteiger partial charge is 0.00977 e. The average Bonchev–Trinajstić information content (AvgIpc) is 2.39. The molecule has 1 fully saturated rings. The van der Waals surface area contributed by atoms with Gasteiger partial charge in [-0.25, -0.2) is 0 Å². The third-order valence-corrected chi connectivity index (χ3v) is 4.94. The van der Waals surface area contributed by atoms with Crippen LogP contribution in [-0.4, -0.2) is 12.6 Å². The minimum atomic E-state index is 0.786. The highest BCUT2D eigenvalue weighted by atomic mass is 14.9. The number of hydrogen-bond acceptors (Lipinski definition) is 1. The van der Waals surface area contributed by atoms with Crippen LogP contribution in [0.15, 0.2) is 0 Å². The molecule has 1 nitrogen and oxygen atoms in total. The molecule has 18 heavy (non-hydrogen) atoms. The molecule has 108 valence electrons. The second-order valence-corrected chi connectivity index (χ2v) is 6.48. The van der Waals surface area contributed by atoms with Crippen LogP contribution in [0.25, 0.3) is 0 Å². The molecule has 0 amide bonds. The van der Waals surface area contributed by atoms with E-state index in [1.54, 1.807) is 0 Å².